The summed E-state index contributed by atoms with van der Waals surface area (Å²) in [6, 6.07) is 13.3. The van der Waals surface area contributed by atoms with E-state index in [-0.39, 0.29) is 23.5 Å². The van der Waals surface area contributed by atoms with Crippen molar-refractivity contribution in [3.8, 4) is 0 Å². The van der Waals surface area contributed by atoms with Crippen molar-refractivity contribution in [1.29, 1.82) is 0 Å². The van der Waals surface area contributed by atoms with Crippen molar-refractivity contribution in [1.82, 2.24) is 0 Å². The van der Waals surface area contributed by atoms with Crippen LogP contribution >= 0.6 is 0 Å². The Morgan fingerprint density at radius 1 is 1.04 bits per heavy atom. The first-order valence-corrected chi connectivity index (χ1v) is 8.41. The van der Waals surface area contributed by atoms with Crippen LogP contribution in [-0.2, 0) is 9.59 Å². The van der Waals surface area contributed by atoms with Crippen molar-refractivity contribution < 1.29 is 14.0 Å². The Hall–Kier alpha value is -2.69. The van der Waals surface area contributed by atoms with E-state index in [0.717, 1.165) is 18.4 Å². The van der Waals surface area contributed by atoms with Gasteiger partial charge in [-0.25, -0.2) is 4.39 Å². The van der Waals surface area contributed by atoms with Gasteiger partial charge in [-0.3, -0.25) is 9.59 Å². The highest BCUT2D eigenvalue weighted by atomic mass is 19.1. The summed E-state index contributed by atoms with van der Waals surface area (Å²) in [4.78, 5) is 23.5. The van der Waals surface area contributed by atoms with Crippen molar-refractivity contribution in [2.24, 2.45) is 0 Å². The van der Waals surface area contributed by atoms with Gasteiger partial charge in [-0.1, -0.05) is 31.5 Å². The zero-order chi connectivity index (χ0) is 18.2. The van der Waals surface area contributed by atoms with Gasteiger partial charge in [-0.05, 0) is 48.2 Å². The van der Waals surface area contributed by atoms with Gasteiger partial charge in [0.25, 0.3) is 0 Å². The third-order valence-corrected chi connectivity index (χ3v) is 3.88. The summed E-state index contributed by atoms with van der Waals surface area (Å²) in [5.74, 6) is -0.507. The standard InChI is InChI=1S/C20H23FN2O2/c1-3-5-16(15-8-10-17(21)11-9-15)12-20(25)23-19-7-4-6-18(13-19)22-14(2)24/h4,6-11,13,16H,3,5,12H2,1-2H3,(H,22,24)(H,23,25). The maximum atomic E-state index is 13.1. The third kappa shape index (κ3) is 6.03. The predicted molar refractivity (Wildman–Crippen MR) is 98.0 cm³/mol. The van der Waals surface area contributed by atoms with Crippen LogP contribution in [0.1, 0.15) is 44.6 Å². The molecule has 0 spiro atoms. The lowest BCUT2D eigenvalue weighted by atomic mass is 9.91. The highest BCUT2D eigenvalue weighted by Crippen LogP contribution is 2.26. The second-order valence-electron chi connectivity index (χ2n) is 6.05. The van der Waals surface area contributed by atoms with Crippen LogP contribution in [0.25, 0.3) is 0 Å². The molecule has 0 radical (unpaired) electrons. The SMILES string of the molecule is CCCC(CC(=O)Nc1cccc(NC(C)=O)c1)c1ccc(F)cc1. The Morgan fingerprint density at radius 3 is 2.28 bits per heavy atom. The fourth-order valence-corrected chi connectivity index (χ4v) is 2.78. The van der Waals surface area contributed by atoms with Crippen molar-refractivity contribution in [3.63, 3.8) is 0 Å². The molecule has 0 aromatic heterocycles. The molecule has 0 fully saturated rings. The maximum Gasteiger partial charge on any atom is 0.224 e. The number of amides is 2. The Balaban J connectivity index is 2.03. The molecule has 0 saturated carbocycles. The van der Waals surface area contributed by atoms with Crippen LogP contribution in [0.3, 0.4) is 0 Å². The monoisotopic (exact) mass is 342 g/mol. The smallest absolute Gasteiger partial charge is 0.224 e. The zero-order valence-electron chi connectivity index (χ0n) is 14.5. The number of anilines is 2. The van der Waals surface area contributed by atoms with E-state index in [1.807, 2.05) is 0 Å². The van der Waals surface area contributed by atoms with E-state index in [2.05, 4.69) is 17.6 Å². The van der Waals surface area contributed by atoms with Gasteiger partial charge in [0.2, 0.25) is 11.8 Å². The van der Waals surface area contributed by atoms with Crippen LogP contribution in [0, 0.1) is 5.82 Å². The van der Waals surface area contributed by atoms with Gasteiger partial charge < -0.3 is 10.6 Å². The predicted octanol–water partition coefficient (Wildman–Crippen LogP) is 4.70. The van der Waals surface area contributed by atoms with E-state index in [0.29, 0.717) is 17.8 Å². The average Bonchev–Trinajstić information content (AvgIpc) is 2.55. The molecule has 2 aromatic carbocycles. The van der Waals surface area contributed by atoms with Crippen LogP contribution in [0.4, 0.5) is 15.8 Å². The Kier molecular flexibility index (Phi) is 6.69. The molecular formula is C20H23FN2O2. The molecule has 0 aliphatic heterocycles. The molecule has 4 nitrogen and oxygen atoms in total. The second-order valence-corrected chi connectivity index (χ2v) is 6.05. The summed E-state index contributed by atoms with van der Waals surface area (Å²) in [6.07, 6.45) is 2.11. The normalized spacial score (nSPS) is 11.6. The molecule has 132 valence electrons. The van der Waals surface area contributed by atoms with Crippen LogP contribution in [0.5, 0.6) is 0 Å². The quantitative estimate of drug-likeness (QED) is 0.766. The number of benzene rings is 2. The molecule has 0 saturated heterocycles. The van der Waals surface area contributed by atoms with Crippen LogP contribution in [0.2, 0.25) is 0 Å². The van der Waals surface area contributed by atoms with E-state index in [4.69, 9.17) is 0 Å². The van der Waals surface area contributed by atoms with E-state index in [1.54, 1.807) is 36.4 Å². The molecule has 0 aliphatic carbocycles. The number of carbonyl (C=O) groups excluding carboxylic acids is 2. The largest absolute Gasteiger partial charge is 0.326 e. The number of carbonyl (C=O) groups is 2. The molecule has 25 heavy (non-hydrogen) atoms. The second kappa shape index (κ2) is 8.97. The molecule has 5 heteroatoms. The minimum Gasteiger partial charge on any atom is -0.326 e. The number of nitrogens with one attached hydrogen (secondary N) is 2. The summed E-state index contributed by atoms with van der Waals surface area (Å²) >= 11 is 0. The maximum absolute atomic E-state index is 13.1. The van der Waals surface area contributed by atoms with E-state index in [9.17, 15) is 14.0 Å². The van der Waals surface area contributed by atoms with Crippen molar-refractivity contribution in [2.75, 3.05) is 10.6 Å². The number of halogens is 1. The highest BCUT2D eigenvalue weighted by Gasteiger charge is 2.16. The molecule has 2 N–H and O–H groups in total. The summed E-state index contributed by atoms with van der Waals surface area (Å²) in [5, 5.41) is 5.55. The summed E-state index contributed by atoms with van der Waals surface area (Å²) < 4.78 is 13.1. The molecule has 0 bridgehead atoms. The number of rotatable bonds is 7. The molecule has 0 aliphatic rings. The minimum absolute atomic E-state index is 0.0455. The molecule has 1 atom stereocenters. The van der Waals surface area contributed by atoms with Gasteiger partial charge in [-0.2, -0.15) is 0 Å². The molecule has 2 amide bonds. The van der Waals surface area contributed by atoms with Crippen LogP contribution < -0.4 is 10.6 Å². The zero-order valence-corrected chi connectivity index (χ0v) is 14.5. The summed E-state index contributed by atoms with van der Waals surface area (Å²) in [6.45, 7) is 3.49. The van der Waals surface area contributed by atoms with Crippen molar-refractivity contribution in [3.05, 3.63) is 59.9 Å². The molecule has 1 unspecified atom stereocenters. The van der Waals surface area contributed by atoms with E-state index in [1.165, 1.54) is 19.1 Å². The molecule has 2 rings (SSSR count). The Bertz CT molecular complexity index is 729. The Labute approximate surface area is 147 Å². The lowest BCUT2D eigenvalue weighted by molar-refractivity contribution is -0.116. The molecule has 2 aromatic rings. The minimum atomic E-state index is -0.279. The van der Waals surface area contributed by atoms with E-state index < -0.39 is 0 Å². The van der Waals surface area contributed by atoms with Gasteiger partial charge in [-0.15, -0.1) is 0 Å². The van der Waals surface area contributed by atoms with Crippen molar-refractivity contribution in [2.45, 2.75) is 39.0 Å². The van der Waals surface area contributed by atoms with Gasteiger partial charge in [0.1, 0.15) is 5.82 Å². The lowest BCUT2D eigenvalue weighted by Crippen LogP contribution is -2.16. The average molecular weight is 342 g/mol. The number of hydrogen-bond acceptors (Lipinski definition) is 2. The fraction of sp³-hybridized carbons (Fsp3) is 0.300. The summed E-state index contributed by atoms with van der Waals surface area (Å²) in [5.41, 5.74) is 2.23. The third-order valence-electron chi connectivity index (χ3n) is 3.88. The van der Waals surface area contributed by atoms with Crippen LogP contribution in [0.15, 0.2) is 48.5 Å². The first-order valence-electron chi connectivity index (χ1n) is 8.41. The number of hydrogen-bond donors (Lipinski definition) is 2. The fourth-order valence-electron chi connectivity index (χ4n) is 2.78. The molecule has 0 heterocycles. The first-order chi connectivity index (χ1) is 12.0. The van der Waals surface area contributed by atoms with Gasteiger partial charge in [0.15, 0.2) is 0 Å². The van der Waals surface area contributed by atoms with Crippen LogP contribution in [-0.4, -0.2) is 11.8 Å². The summed E-state index contributed by atoms with van der Waals surface area (Å²) in [7, 11) is 0. The first kappa shape index (κ1) is 18.6. The topological polar surface area (TPSA) is 58.2 Å². The molecular weight excluding hydrogens is 319 g/mol. The lowest BCUT2D eigenvalue weighted by Gasteiger charge is -2.17. The van der Waals surface area contributed by atoms with Gasteiger partial charge in [0, 0.05) is 24.7 Å². The van der Waals surface area contributed by atoms with E-state index >= 15 is 0 Å². The Morgan fingerprint density at radius 2 is 1.68 bits per heavy atom. The highest BCUT2D eigenvalue weighted by molar-refractivity contribution is 5.93. The van der Waals surface area contributed by atoms with Gasteiger partial charge >= 0.3 is 0 Å². The van der Waals surface area contributed by atoms with Gasteiger partial charge in [0.05, 0.1) is 0 Å². The van der Waals surface area contributed by atoms with Crippen molar-refractivity contribution >= 4 is 23.2 Å².